The van der Waals surface area contributed by atoms with E-state index >= 15 is 0 Å². The molecule has 84 valence electrons. The molecule has 0 aliphatic rings. The van der Waals surface area contributed by atoms with E-state index in [4.69, 9.17) is 5.26 Å². The molecule has 0 spiro atoms. The number of halogens is 1. The Morgan fingerprint density at radius 2 is 1.88 bits per heavy atom. The Bertz CT molecular complexity index is 378. The predicted octanol–water partition coefficient (Wildman–Crippen LogP) is 3.48. The normalized spacial score (nSPS) is 9.75. The van der Waals surface area contributed by atoms with E-state index in [1.165, 1.54) is 24.3 Å². The zero-order chi connectivity index (χ0) is 11.8. The van der Waals surface area contributed by atoms with Crippen LogP contribution in [0.5, 0.6) is 0 Å². The molecule has 0 radical (unpaired) electrons. The maximum atomic E-state index is 12.6. The van der Waals surface area contributed by atoms with Crippen LogP contribution >= 0.6 is 0 Å². The molecule has 0 saturated carbocycles. The second kappa shape index (κ2) is 6.73. The third kappa shape index (κ3) is 4.22. The average molecular weight is 219 g/mol. The van der Waals surface area contributed by atoms with Crippen molar-refractivity contribution in [1.29, 1.82) is 5.26 Å². The minimum atomic E-state index is -0.328. The van der Waals surface area contributed by atoms with Crippen LogP contribution in [-0.2, 0) is 0 Å². The lowest BCUT2D eigenvalue weighted by atomic mass is 10.0. The van der Waals surface area contributed by atoms with Crippen LogP contribution in [0.15, 0.2) is 24.3 Å². The first-order chi connectivity index (χ1) is 7.74. The third-order valence-electron chi connectivity index (χ3n) is 2.36. The first-order valence-electron chi connectivity index (χ1n) is 5.40. The van der Waals surface area contributed by atoms with Gasteiger partial charge in [0.2, 0.25) is 0 Å². The first kappa shape index (κ1) is 12.4. The minimum absolute atomic E-state index is 0.0388. The molecular formula is C13H14FNO. The fourth-order valence-electron chi connectivity index (χ4n) is 1.45. The van der Waals surface area contributed by atoms with Gasteiger partial charge in [0.1, 0.15) is 5.82 Å². The smallest absolute Gasteiger partial charge is 0.162 e. The van der Waals surface area contributed by atoms with Crippen molar-refractivity contribution in [1.82, 2.24) is 0 Å². The van der Waals surface area contributed by atoms with Crippen molar-refractivity contribution in [3.05, 3.63) is 35.6 Å². The third-order valence-corrected chi connectivity index (χ3v) is 2.36. The van der Waals surface area contributed by atoms with E-state index in [2.05, 4.69) is 6.07 Å². The first-order valence-corrected chi connectivity index (χ1v) is 5.40. The average Bonchev–Trinajstić information content (AvgIpc) is 2.29. The van der Waals surface area contributed by atoms with Crippen LogP contribution in [-0.4, -0.2) is 5.78 Å². The van der Waals surface area contributed by atoms with E-state index in [9.17, 15) is 9.18 Å². The second-order valence-corrected chi connectivity index (χ2v) is 3.65. The molecule has 3 heteroatoms. The van der Waals surface area contributed by atoms with E-state index in [0.29, 0.717) is 18.4 Å². The van der Waals surface area contributed by atoms with Gasteiger partial charge in [-0.1, -0.05) is 6.42 Å². The highest BCUT2D eigenvalue weighted by Crippen LogP contribution is 2.09. The van der Waals surface area contributed by atoms with Gasteiger partial charge in [0.25, 0.3) is 0 Å². The molecule has 1 aromatic rings. The molecule has 0 saturated heterocycles. The summed E-state index contributed by atoms with van der Waals surface area (Å²) in [6, 6.07) is 7.67. The number of nitriles is 1. The number of hydrogen-bond donors (Lipinski definition) is 0. The number of carbonyl (C=O) groups excluding carboxylic acids is 1. The van der Waals surface area contributed by atoms with Crippen molar-refractivity contribution in [3.63, 3.8) is 0 Å². The number of carbonyl (C=O) groups is 1. The molecule has 0 aromatic heterocycles. The van der Waals surface area contributed by atoms with Gasteiger partial charge >= 0.3 is 0 Å². The zero-order valence-corrected chi connectivity index (χ0v) is 9.08. The van der Waals surface area contributed by atoms with Gasteiger partial charge in [-0.05, 0) is 37.1 Å². The topological polar surface area (TPSA) is 40.9 Å². The fraction of sp³-hybridized carbons (Fsp3) is 0.385. The molecular weight excluding hydrogens is 205 g/mol. The molecule has 0 aliphatic heterocycles. The number of rotatable bonds is 6. The van der Waals surface area contributed by atoms with Crippen molar-refractivity contribution in [3.8, 4) is 6.07 Å². The molecule has 0 fully saturated rings. The van der Waals surface area contributed by atoms with Gasteiger partial charge in [0, 0.05) is 18.4 Å². The van der Waals surface area contributed by atoms with Crippen LogP contribution in [0.4, 0.5) is 4.39 Å². The van der Waals surface area contributed by atoms with E-state index in [1.807, 2.05) is 0 Å². The number of nitrogens with zero attached hydrogens (tertiary/aromatic N) is 1. The molecule has 0 atom stereocenters. The molecule has 1 aromatic carbocycles. The highest BCUT2D eigenvalue weighted by molar-refractivity contribution is 5.95. The summed E-state index contributed by atoms with van der Waals surface area (Å²) in [4.78, 5) is 11.6. The minimum Gasteiger partial charge on any atom is -0.294 e. The lowest BCUT2D eigenvalue weighted by Gasteiger charge is -2.00. The van der Waals surface area contributed by atoms with Crippen LogP contribution in [0.1, 0.15) is 42.5 Å². The lowest BCUT2D eigenvalue weighted by molar-refractivity contribution is 0.0979. The molecule has 0 aliphatic carbocycles. The summed E-state index contributed by atoms with van der Waals surface area (Å²) in [6.07, 6.45) is 3.54. The standard InChI is InChI=1S/C13H14FNO/c14-12-8-6-11(7-9-12)13(16)5-3-1-2-4-10-15/h6-9H,1-5H2. The van der Waals surface area contributed by atoms with Gasteiger partial charge in [0.05, 0.1) is 6.07 Å². The molecule has 0 bridgehead atoms. The number of unbranched alkanes of at least 4 members (excludes halogenated alkanes) is 3. The molecule has 0 N–H and O–H groups in total. The second-order valence-electron chi connectivity index (χ2n) is 3.65. The quantitative estimate of drug-likeness (QED) is 0.543. The highest BCUT2D eigenvalue weighted by Gasteiger charge is 2.04. The molecule has 16 heavy (non-hydrogen) atoms. The summed E-state index contributed by atoms with van der Waals surface area (Å²) < 4.78 is 12.6. The monoisotopic (exact) mass is 219 g/mol. The largest absolute Gasteiger partial charge is 0.294 e. The predicted molar refractivity (Wildman–Crippen MR) is 59.4 cm³/mol. The summed E-state index contributed by atoms with van der Waals surface area (Å²) in [5.41, 5.74) is 0.557. The van der Waals surface area contributed by atoms with E-state index in [-0.39, 0.29) is 11.6 Å². The summed E-state index contributed by atoms with van der Waals surface area (Å²) in [6.45, 7) is 0. The molecule has 0 heterocycles. The van der Waals surface area contributed by atoms with Crippen LogP contribution in [0.3, 0.4) is 0 Å². The van der Waals surface area contributed by atoms with Gasteiger partial charge < -0.3 is 0 Å². The van der Waals surface area contributed by atoms with Gasteiger partial charge in [-0.25, -0.2) is 4.39 Å². The Morgan fingerprint density at radius 3 is 2.50 bits per heavy atom. The summed E-state index contributed by atoms with van der Waals surface area (Å²) >= 11 is 0. The maximum absolute atomic E-state index is 12.6. The Balaban J connectivity index is 2.30. The van der Waals surface area contributed by atoms with Crippen LogP contribution in [0, 0.1) is 17.1 Å². The number of benzene rings is 1. The number of Topliss-reactive ketones (excluding diaryl/α,β-unsaturated/α-hetero) is 1. The summed E-state index contributed by atoms with van der Waals surface area (Å²) in [7, 11) is 0. The SMILES string of the molecule is N#CCCCCCC(=O)c1ccc(F)cc1. The van der Waals surface area contributed by atoms with Gasteiger partial charge in [-0.2, -0.15) is 5.26 Å². The van der Waals surface area contributed by atoms with Crippen molar-refractivity contribution < 1.29 is 9.18 Å². The Kier molecular flexibility index (Phi) is 5.21. The Hall–Kier alpha value is -1.69. The molecule has 0 amide bonds. The molecule has 2 nitrogen and oxygen atoms in total. The van der Waals surface area contributed by atoms with Crippen molar-refractivity contribution in [2.24, 2.45) is 0 Å². The lowest BCUT2D eigenvalue weighted by Crippen LogP contribution is -1.98. The van der Waals surface area contributed by atoms with E-state index in [0.717, 1.165) is 19.3 Å². The van der Waals surface area contributed by atoms with Crippen LogP contribution in [0.25, 0.3) is 0 Å². The highest BCUT2D eigenvalue weighted by atomic mass is 19.1. The Labute approximate surface area is 94.7 Å². The van der Waals surface area contributed by atoms with Crippen molar-refractivity contribution in [2.45, 2.75) is 32.1 Å². The maximum Gasteiger partial charge on any atom is 0.162 e. The fourth-order valence-corrected chi connectivity index (χ4v) is 1.45. The molecule has 1 rings (SSSR count). The van der Waals surface area contributed by atoms with Gasteiger partial charge in [-0.15, -0.1) is 0 Å². The van der Waals surface area contributed by atoms with Gasteiger partial charge in [0.15, 0.2) is 5.78 Å². The van der Waals surface area contributed by atoms with E-state index < -0.39 is 0 Å². The summed E-state index contributed by atoms with van der Waals surface area (Å²) in [5, 5.41) is 8.33. The van der Waals surface area contributed by atoms with Crippen molar-refractivity contribution in [2.75, 3.05) is 0 Å². The van der Waals surface area contributed by atoms with Gasteiger partial charge in [-0.3, -0.25) is 4.79 Å². The van der Waals surface area contributed by atoms with Crippen LogP contribution < -0.4 is 0 Å². The summed E-state index contributed by atoms with van der Waals surface area (Å²) in [5.74, 6) is -0.289. The Morgan fingerprint density at radius 1 is 1.19 bits per heavy atom. The van der Waals surface area contributed by atoms with Crippen LogP contribution in [0.2, 0.25) is 0 Å². The number of ketones is 1. The van der Waals surface area contributed by atoms with Crippen molar-refractivity contribution >= 4 is 5.78 Å². The number of hydrogen-bond acceptors (Lipinski definition) is 2. The zero-order valence-electron chi connectivity index (χ0n) is 9.08. The van der Waals surface area contributed by atoms with E-state index in [1.54, 1.807) is 0 Å². The molecule has 0 unspecified atom stereocenters.